The number of rotatable bonds is 5. The van der Waals surface area contributed by atoms with Crippen LogP contribution in [0, 0.1) is 5.92 Å². The predicted octanol–water partition coefficient (Wildman–Crippen LogP) is 0.750. The third-order valence-corrected chi connectivity index (χ3v) is 4.71. The molecule has 2 amide bonds. The molecule has 2 unspecified atom stereocenters. The van der Waals surface area contributed by atoms with Gasteiger partial charge in [-0.25, -0.2) is 0 Å². The molecular weight excluding hydrogens is 340 g/mol. The molecule has 0 aliphatic carbocycles. The first-order valence-electron chi connectivity index (χ1n) is 8.54. The molecule has 2 aliphatic rings. The number of anilines is 1. The molecule has 8 heteroatoms. The predicted molar refractivity (Wildman–Crippen MR) is 92.0 cm³/mol. The average Bonchev–Trinajstić information content (AvgIpc) is 3.02. The molecular formula is C18H22N2O6. The van der Waals surface area contributed by atoms with Crippen molar-refractivity contribution in [1.82, 2.24) is 4.90 Å². The van der Waals surface area contributed by atoms with Crippen LogP contribution < -0.4 is 9.64 Å². The minimum absolute atomic E-state index is 0.0936. The van der Waals surface area contributed by atoms with Crippen molar-refractivity contribution in [2.24, 2.45) is 5.92 Å². The summed E-state index contributed by atoms with van der Waals surface area (Å²) in [7, 11) is 1.57. The van der Waals surface area contributed by atoms with Gasteiger partial charge < -0.3 is 24.4 Å². The lowest BCUT2D eigenvalue weighted by Gasteiger charge is -2.33. The molecule has 1 aromatic carbocycles. The van der Waals surface area contributed by atoms with E-state index in [1.807, 2.05) is 0 Å². The molecule has 2 heterocycles. The van der Waals surface area contributed by atoms with Crippen molar-refractivity contribution in [2.75, 3.05) is 38.3 Å². The lowest BCUT2D eigenvalue weighted by atomic mass is 10.1. The minimum Gasteiger partial charge on any atom is -0.497 e. The van der Waals surface area contributed by atoms with E-state index in [2.05, 4.69) is 0 Å². The normalized spacial score (nSPS) is 23.2. The number of nitrogens with zero attached hydrogens (tertiary/aromatic N) is 2. The van der Waals surface area contributed by atoms with Crippen molar-refractivity contribution in [2.45, 2.75) is 18.9 Å². The number of morpholine rings is 1. The second-order valence-corrected chi connectivity index (χ2v) is 6.48. The van der Waals surface area contributed by atoms with E-state index < -0.39 is 18.0 Å². The summed E-state index contributed by atoms with van der Waals surface area (Å²) >= 11 is 0. The highest BCUT2D eigenvalue weighted by Crippen LogP contribution is 2.28. The van der Waals surface area contributed by atoms with Gasteiger partial charge in [0.2, 0.25) is 11.8 Å². The molecule has 26 heavy (non-hydrogen) atoms. The number of carboxylic acid groups (broad SMARTS) is 1. The number of methoxy groups -OCH3 is 1. The Morgan fingerprint density at radius 2 is 2.00 bits per heavy atom. The van der Waals surface area contributed by atoms with Crippen molar-refractivity contribution < 1.29 is 29.0 Å². The van der Waals surface area contributed by atoms with Crippen LogP contribution in [0.3, 0.4) is 0 Å². The van der Waals surface area contributed by atoms with Crippen LogP contribution >= 0.6 is 0 Å². The molecule has 2 fully saturated rings. The zero-order valence-corrected chi connectivity index (χ0v) is 14.6. The molecule has 3 rings (SSSR count). The van der Waals surface area contributed by atoms with Gasteiger partial charge in [0.25, 0.3) is 0 Å². The summed E-state index contributed by atoms with van der Waals surface area (Å²) in [5.74, 6) is -0.887. The van der Waals surface area contributed by atoms with E-state index in [1.165, 1.54) is 0 Å². The molecule has 140 valence electrons. The highest BCUT2D eigenvalue weighted by molar-refractivity contribution is 6.00. The maximum atomic E-state index is 12.8. The molecule has 2 saturated heterocycles. The number of carbonyl (C=O) groups excluding carboxylic acids is 2. The Bertz CT molecular complexity index is 689. The van der Waals surface area contributed by atoms with Gasteiger partial charge in [0.15, 0.2) is 0 Å². The zero-order valence-electron chi connectivity index (χ0n) is 14.6. The molecule has 0 spiro atoms. The van der Waals surface area contributed by atoms with Gasteiger partial charge in [-0.15, -0.1) is 0 Å². The Morgan fingerprint density at radius 1 is 1.27 bits per heavy atom. The second kappa shape index (κ2) is 7.74. The zero-order chi connectivity index (χ0) is 18.7. The number of hydrogen-bond acceptors (Lipinski definition) is 5. The fourth-order valence-corrected chi connectivity index (χ4v) is 3.38. The molecule has 2 aliphatic heterocycles. The summed E-state index contributed by atoms with van der Waals surface area (Å²) in [6.45, 7) is 1.30. The summed E-state index contributed by atoms with van der Waals surface area (Å²) in [4.78, 5) is 39.2. The van der Waals surface area contributed by atoms with Crippen LogP contribution in [0.4, 0.5) is 5.69 Å². The van der Waals surface area contributed by atoms with E-state index in [0.29, 0.717) is 25.4 Å². The number of ether oxygens (including phenoxy) is 2. The maximum absolute atomic E-state index is 12.8. The maximum Gasteiger partial charge on any atom is 0.306 e. The van der Waals surface area contributed by atoms with Crippen LogP contribution in [-0.2, 0) is 19.1 Å². The van der Waals surface area contributed by atoms with Crippen LogP contribution in [0.25, 0.3) is 0 Å². The van der Waals surface area contributed by atoms with Gasteiger partial charge in [-0.1, -0.05) is 0 Å². The van der Waals surface area contributed by atoms with E-state index in [-0.39, 0.29) is 31.2 Å². The highest BCUT2D eigenvalue weighted by Gasteiger charge is 2.38. The van der Waals surface area contributed by atoms with E-state index in [9.17, 15) is 14.4 Å². The number of amides is 2. The van der Waals surface area contributed by atoms with Crippen LogP contribution in [0.15, 0.2) is 24.3 Å². The van der Waals surface area contributed by atoms with Gasteiger partial charge in [0.05, 0.1) is 32.2 Å². The summed E-state index contributed by atoms with van der Waals surface area (Å²) in [6.07, 6.45) is -0.475. The van der Waals surface area contributed by atoms with Crippen LogP contribution in [-0.4, -0.2) is 67.2 Å². The Morgan fingerprint density at radius 3 is 2.65 bits per heavy atom. The Hall–Kier alpha value is -2.61. The van der Waals surface area contributed by atoms with Crippen LogP contribution in [0.2, 0.25) is 0 Å². The van der Waals surface area contributed by atoms with Crippen LogP contribution in [0.1, 0.15) is 12.8 Å². The summed E-state index contributed by atoms with van der Waals surface area (Å²) < 4.78 is 10.5. The van der Waals surface area contributed by atoms with Crippen molar-refractivity contribution in [3.05, 3.63) is 24.3 Å². The number of carbonyl (C=O) groups is 3. The molecule has 2 atom stereocenters. The van der Waals surface area contributed by atoms with Gasteiger partial charge in [0.1, 0.15) is 5.75 Å². The fraction of sp³-hybridized carbons (Fsp3) is 0.500. The van der Waals surface area contributed by atoms with Gasteiger partial charge in [-0.05, 0) is 24.3 Å². The topological polar surface area (TPSA) is 96.4 Å². The van der Waals surface area contributed by atoms with Crippen molar-refractivity contribution >= 4 is 23.5 Å². The third kappa shape index (κ3) is 3.96. The molecule has 0 saturated carbocycles. The summed E-state index contributed by atoms with van der Waals surface area (Å²) in [5.41, 5.74) is 0.733. The van der Waals surface area contributed by atoms with Gasteiger partial charge in [-0.3, -0.25) is 14.4 Å². The Labute approximate surface area is 151 Å². The fourth-order valence-electron chi connectivity index (χ4n) is 3.38. The smallest absolute Gasteiger partial charge is 0.306 e. The van der Waals surface area contributed by atoms with Gasteiger partial charge >= 0.3 is 5.97 Å². The Balaban J connectivity index is 1.63. The second-order valence-electron chi connectivity index (χ2n) is 6.48. The molecule has 1 aromatic rings. The van der Waals surface area contributed by atoms with Crippen molar-refractivity contribution in [1.29, 1.82) is 0 Å². The molecule has 0 radical (unpaired) electrons. The minimum atomic E-state index is -0.953. The number of carboxylic acids is 1. The molecule has 0 aromatic heterocycles. The lowest BCUT2D eigenvalue weighted by molar-refractivity contribution is -0.149. The van der Waals surface area contributed by atoms with E-state index >= 15 is 0 Å². The van der Waals surface area contributed by atoms with E-state index in [0.717, 1.165) is 5.69 Å². The molecule has 8 nitrogen and oxygen atoms in total. The first kappa shape index (κ1) is 18.2. The average molecular weight is 362 g/mol. The monoisotopic (exact) mass is 362 g/mol. The molecule has 1 N–H and O–H groups in total. The first-order chi connectivity index (χ1) is 12.5. The van der Waals surface area contributed by atoms with Crippen molar-refractivity contribution in [3.63, 3.8) is 0 Å². The quantitative estimate of drug-likeness (QED) is 0.830. The SMILES string of the molecule is COc1ccc(N2CC(C(=O)N3CCOC(CC(=O)O)C3)CC2=O)cc1. The van der Waals surface area contributed by atoms with E-state index in [1.54, 1.807) is 41.2 Å². The van der Waals surface area contributed by atoms with Crippen LogP contribution in [0.5, 0.6) is 5.75 Å². The summed E-state index contributed by atoms with van der Waals surface area (Å²) in [5, 5.41) is 8.89. The van der Waals surface area contributed by atoms with E-state index in [4.69, 9.17) is 14.6 Å². The largest absolute Gasteiger partial charge is 0.497 e. The summed E-state index contributed by atoms with van der Waals surface area (Å²) in [6, 6.07) is 7.13. The van der Waals surface area contributed by atoms with Gasteiger partial charge in [0, 0.05) is 31.7 Å². The lowest BCUT2D eigenvalue weighted by Crippen LogP contribution is -2.48. The first-order valence-corrected chi connectivity index (χ1v) is 8.54. The number of aliphatic carboxylic acids is 1. The number of hydrogen-bond donors (Lipinski definition) is 1. The van der Waals surface area contributed by atoms with Crippen molar-refractivity contribution in [3.8, 4) is 5.75 Å². The highest BCUT2D eigenvalue weighted by atomic mass is 16.5. The molecule has 0 bridgehead atoms. The Kier molecular flexibility index (Phi) is 5.41. The number of benzene rings is 1. The van der Waals surface area contributed by atoms with Gasteiger partial charge in [-0.2, -0.15) is 0 Å². The third-order valence-electron chi connectivity index (χ3n) is 4.71. The standard InChI is InChI=1S/C18H22N2O6/c1-25-14-4-2-13(3-5-14)20-10-12(8-16(20)21)18(24)19-6-7-26-15(11-19)9-17(22)23/h2-5,12,15H,6-11H2,1H3,(H,22,23).